The van der Waals surface area contributed by atoms with Gasteiger partial charge in [-0.25, -0.2) is 0 Å². The highest BCUT2D eigenvalue weighted by Crippen LogP contribution is 2.43. The number of amidine groups is 1. The number of anilines is 1. The zero-order valence-electron chi connectivity index (χ0n) is 13.8. The van der Waals surface area contributed by atoms with Crippen molar-refractivity contribution < 1.29 is 9.68 Å². The third kappa shape index (κ3) is 2.19. The minimum atomic E-state index is -1.07. The SMILES string of the molecule is CCC1[N+]2=C(CCC2)N(c2ccccc2)C1(O)c1ccc(Cl)cc1. The molecule has 24 heavy (non-hydrogen) atoms. The van der Waals surface area contributed by atoms with Gasteiger partial charge < -0.3 is 5.11 Å². The molecule has 4 heteroatoms. The first-order valence-electron chi connectivity index (χ1n) is 8.62. The molecule has 4 rings (SSSR count). The Labute approximate surface area is 147 Å². The predicted molar refractivity (Wildman–Crippen MR) is 97.7 cm³/mol. The zero-order chi connectivity index (χ0) is 16.7. The molecule has 0 amide bonds. The maximum atomic E-state index is 12.0. The molecule has 2 aliphatic heterocycles. The molecule has 0 bridgehead atoms. The summed E-state index contributed by atoms with van der Waals surface area (Å²) >= 11 is 6.07. The number of benzene rings is 2. The van der Waals surface area contributed by atoms with Crippen molar-refractivity contribution in [1.82, 2.24) is 0 Å². The van der Waals surface area contributed by atoms with Gasteiger partial charge in [-0.1, -0.05) is 48.9 Å². The number of hydrogen-bond acceptors (Lipinski definition) is 2. The highest BCUT2D eigenvalue weighted by atomic mass is 35.5. The van der Waals surface area contributed by atoms with E-state index in [1.165, 1.54) is 5.84 Å². The van der Waals surface area contributed by atoms with E-state index in [9.17, 15) is 5.11 Å². The van der Waals surface area contributed by atoms with Crippen molar-refractivity contribution in [3.8, 4) is 0 Å². The van der Waals surface area contributed by atoms with Gasteiger partial charge in [0.05, 0.1) is 13.0 Å². The van der Waals surface area contributed by atoms with E-state index in [-0.39, 0.29) is 6.04 Å². The molecule has 0 saturated carbocycles. The second-order valence-corrected chi connectivity index (χ2v) is 6.98. The van der Waals surface area contributed by atoms with E-state index in [1.54, 1.807) is 0 Å². The Balaban J connectivity index is 1.90. The van der Waals surface area contributed by atoms with Crippen LogP contribution in [0.1, 0.15) is 31.7 Å². The molecule has 0 aromatic heterocycles. The molecule has 2 aromatic rings. The molecule has 2 heterocycles. The van der Waals surface area contributed by atoms with Crippen LogP contribution >= 0.6 is 11.6 Å². The van der Waals surface area contributed by atoms with Crippen molar-refractivity contribution in [2.75, 3.05) is 11.4 Å². The second kappa shape index (κ2) is 5.91. The lowest BCUT2D eigenvalue weighted by molar-refractivity contribution is -0.568. The van der Waals surface area contributed by atoms with Gasteiger partial charge in [-0.05, 0) is 37.1 Å². The fourth-order valence-electron chi connectivity index (χ4n) is 4.26. The van der Waals surface area contributed by atoms with Crippen LogP contribution in [0.5, 0.6) is 0 Å². The molecule has 3 nitrogen and oxygen atoms in total. The number of aliphatic hydroxyl groups is 1. The molecule has 2 unspecified atom stereocenters. The maximum absolute atomic E-state index is 12.0. The molecule has 2 aromatic carbocycles. The fourth-order valence-corrected chi connectivity index (χ4v) is 4.39. The van der Waals surface area contributed by atoms with Crippen LogP contribution in [0.2, 0.25) is 5.02 Å². The first-order valence-corrected chi connectivity index (χ1v) is 9.00. The number of halogens is 1. The monoisotopic (exact) mass is 341 g/mol. The first-order chi connectivity index (χ1) is 11.7. The third-order valence-corrected chi connectivity index (χ3v) is 5.49. The number of rotatable bonds is 3. The van der Waals surface area contributed by atoms with E-state index >= 15 is 0 Å². The van der Waals surface area contributed by atoms with Crippen LogP contribution in [0.25, 0.3) is 0 Å². The van der Waals surface area contributed by atoms with E-state index in [0.717, 1.165) is 37.1 Å². The van der Waals surface area contributed by atoms with Gasteiger partial charge in [0.25, 0.3) is 11.6 Å². The predicted octanol–water partition coefficient (Wildman–Crippen LogP) is 3.99. The summed E-state index contributed by atoms with van der Waals surface area (Å²) in [6.07, 6.45) is 3.03. The number of hydrogen-bond donors (Lipinski definition) is 1. The van der Waals surface area contributed by atoms with Crippen molar-refractivity contribution in [2.45, 2.75) is 38.0 Å². The van der Waals surface area contributed by atoms with Crippen LogP contribution in [-0.2, 0) is 5.72 Å². The van der Waals surface area contributed by atoms with E-state index in [1.807, 2.05) is 42.5 Å². The average molecular weight is 342 g/mol. The van der Waals surface area contributed by atoms with Crippen molar-refractivity contribution in [3.63, 3.8) is 0 Å². The van der Waals surface area contributed by atoms with Gasteiger partial charge in [-0.2, -0.15) is 4.90 Å². The molecule has 0 aliphatic carbocycles. The van der Waals surface area contributed by atoms with Gasteiger partial charge in [0.15, 0.2) is 6.04 Å². The van der Waals surface area contributed by atoms with Crippen LogP contribution in [0.4, 0.5) is 5.69 Å². The van der Waals surface area contributed by atoms with Gasteiger partial charge in [0, 0.05) is 10.6 Å². The van der Waals surface area contributed by atoms with Crippen molar-refractivity contribution >= 4 is 23.1 Å². The Morgan fingerprint density at radius 1 is 1.17 bits per heavy atom. The normalized spacial score (nSPS) is 26.1. The Hall–Kier alpha value is -1.84. The van der Waals surface area contributed by atoms with Gasteiger partial charge in [-0.15, -0.1) is 0 Å². The fraction of sp³-hybridized carbons (Fsp3) is 0.350. The smallest absolute Gasteiger partial charge is 0.278 e. The molecule has 1 N–H and O–H groups in total. The molecular formula is C20H22ClN2O+. The Morgan fingerprint density at radius 2 is 1.88 bits per heavy atom. The van der Waals surface area contributed by atoms with Crippen molar-refractivity contribution in [2.24, 2.45) is 0 Å². The van der Waals surface area contributed by atoms with Crippen LogP contribution in [0.15, 0.2) is 54.6 Å². The van der Waals surface area contributed by atoms with E-state index in [4.69, 9.17) is 11.6 Å². The highest BCUT2D eigenvalue weighted by Gasteiger charge is 2.61. The minimum Gasteiger partial charge on any atom is -0.346 e. The summed E-state index contributed by atoms with van der Waals surface area (Å²) in [7, 11) is 0. The molecule has 0 fully saturated rings. The van der Waals surface area contributed by atoms with E-state index in [2.05, 4.69) is 28.5 Å². The standard InChI is InChI=1S/C20H22ClN2O/c1-2-18-20(24,15-10-12-16(21)13-11-15)23(17-7-4-3-5-8-17)19-9-6-14-22(18)19/h3-5,7-8,10-13,18,24H,2,6,9,14H2,1H3/q+1. The lowest BCUT2D eigenvalue weighted by atomic mass is 9.91. The summed E-state index contributed by atoms with van der Waals surface area (Å²) in [4.78, 5) is 2.14. The van der Waals surface area contributed by atoms with Crippen LogP contribution in [0.3, 0.4) is 0 Å². The minimum absolute atomic E-state index is 0.0383. The summed E-state index contributed by atoms with van der Waals surface area (Å²) in [6.45, 7) is 3.16. The lowest BCUT2D eigenvalue weighted by Gasteiger charge is -2.33. The van der Waals surface area contributed by atoms with Crippen LogP contribution in [0, 0.1) is 0 Å². The van der Waals surface area contributed by atoms with Gasteiger partial charge in [-0.3, -0.25) is 4.58 Å². The Kier molecular flexibility index (Phi) is 3.86. The van der Waals surface area contributed by atoms with Crippen LogP contribution < -0.4 is 4.90 Å². The number of nitrogens with zero attached hydrogens (tertiary/aromatic N) is 2. The zero-order valence-corrected chi connectivity index (χ0v) is 14.6. The summed E-state index contributed by atoms with van der Waals surface area (Å²) in [5, 5.41) is 12.6. The van der Waals surface area contributed by atoms with E-state index in [0.29, 0.717) is 5.02 Å². The van der Waals surface area contributed by atoms with Crippen molar-refractivity contribution in [1.29, 1.82) is 0 Å². The maximum Gasteiger partial charge on any atom is 0.278 e. The molecule has 2 atom stereocenters. The van der Waals surface area contributed by atoms with Gasteiger partial charge >= 0.3 is 0 Å². The lowest BCUT2D eigenvalue weighted by Crippen LogP contribution is -2.52. The molecule has 0 radical (unpaired) electrons. The molecule has 124 valence electrons. The average Bonchev–Trinajstić information content (AvgIpc) is 3.14. The Bertz CT molecular complexity index is 772. The topological polar surface area (TPSA) is 26.5 Å². The largest absolute Gasteiger partial charge is 0.346 e. The highest BCUT2D eigenvalue weighted by molar-refractivity contribution is 6.30. The molecule has 0 saturated heterocycles. The summed E-state index contributed by atoms with van der Waals surface area (Å²) < 4.78 is 2.39. The van der Waals surface area contributed by atoms with Crippen molar-refractivity contribution in [3.05, 3.63) is 65.2 Å². The first kappa shape index (κ1) is 15.7. The summed E-state index contributed by atoms with van der Waals surface area (Å²) in [5.41, 5.74) is 0.855. The molecular weight excluding hydrogens is 320 g/mol. The van der Waals surface area contributed by atoms with E-state index < -0.39 is 5.72 Å². The van der Waals surface area contributed by atoms with Crippen LogP contribution in [-0.4, -0.2) is 28.1 Å². The second-order valence-electron chi connectivity index (χ2n) is 6.54. The summed E-state index contributed by atoms with van der Waals surface area (Å²) in [5.74, 6) is 1.23. The molecule has 2 aliphatic rings. The number of para-hydroxylation sites is 1. The third-order valence-electron chi connectivity index (χ3n) is 5.24. The van der Waals surface area contributed by atoms with Gasteiger partial charge in [0.1, 0.15) is 5.69 Å². The Morgan fingerprint density at radius 3 is 2.54 bits per heavy atom. The van der Waals surface area contributed by atoms with Gasteiger partial charge in [0.2, 0.25) is 0 Å². The quantitative estimate of drug-likeness (QED) is 0.854. The summed E-state index contributed by atoms with van der Waals surface area (Å²) in [6, 6.07) is 17.9. The molecule has 0 spiro atoms.